The fraction of sp³-hybridized carbons (Fsp3) is 0.360. The number of ether oxygens (including phenoxy) is 3. The number of nitrogens with one attached hydrogen (secondary N) is 2. The summed E-state index contributed by atoms with van der Waals surface area (Å²) in [6, 6.07) is 14.7. The highest BCUT2D eigenvalue weighted by Gasteiger charge is 2.34. The number of nitrogen functional groups attached to an aromatic ring is 1. The van der Waals surface area contributed by atoms with E-state index in [-0.39, 0.29) is 49.6 Å². The van der Waals surface area contributed by atoms with E-state index in [0.29, 0.717) is 17.7 Å². The van der Waals surface area contributed by atoms with Gasteiger partial charge in [0.2, 0.25) is 12.2 Å². The molecule has 1 heterocycles. The van der Waals surface area contributed by atoms with Gasteiger partial charge in [0.15, 0.2) is 0 Å². The Morgan fingerprint density at radius 2 is 1.63 bits per heavy atom. The predicted molar refractivity (Wildman–Crippen MR) is 132 cm³/mol. The zero-order valence-electron chi connectivity index (χ0n) is 19.6. The maximum Gasteiger partial charge on any atom is 0.309 e. The number of esters is 2. The highest BCUT2D eigenvalue weighted by atomic mass is 35.5. The molecule has 10 heteroatoms. The third kappa shape index (κ3) is 7.99. The molecule has 1 aliphatic heterocycles. The Kier molecular flexibility index (Phi) is 10.1. The van der Waals surface area contributed by atoms with Crippen molar-refractivity contribution < 1.29 is 28.6 Å². The van der Waals surface area contributed by atoms with Crippen molar-refractivity contribution in [3.05, 3.63) is 54.1 Å². The average molecular weight is 504 g/mol. The number of amidine groups is 1. The number of amides is 1. The van der Waals surface area contributed by atoms with Gasteiger partial charge in [-0.2, -0.15) is 0 Å². The second kappa shape index (κ2) is 12.8. The van der Waals surface area contributed by atoms with E-state index >= 15 is 0 Å². The number of nitrogens with two attached hydrogens (primary N) is 1. The van der Waals surface area contributed by atoms with Gasteiger partial charge in [-0.25, -0.2) is 0 Å². The molecule has 1 fully saturated rings. The Morgan fingerprint density at radius 1 is 1.06 bits per heavy atom. The number of halogens is 1. The number of carbonyl (C=O) groups is 3. The minimum atomic E-state index is -0.987. The van der Waals surface area contributed by atoms with Crippen LogP contribution in [0.4, 0.5) is 0 Å². The molecule has 188 valence electrons. The van der Waals surface area contributed by atoms with Gasteiger partial charge >= 0.3 is 11.9 Å². The molecule has 3 rings (SSSR count). The Labute approximate surface area is 210 Å². The lowest BCUT2D eigenvalue weighted by atomic mass is 10.0. The molecule has 0 radical (unpaired) electrons. The summed E-state index contributed by atoms with van der Waals surface area (Å²) >= 11 is 0. The smallest absolute Gasteiger partial charge is 0.309 e. The fourth-order valence-electron chi connectivity index (χ4n) is 3.62. The van der Waals surface area contributed by atoms with Gasteiger partial charge < -0.3 is 25.3 Å². The van der Waals surface area contributed by atoms with Crippen LogP contribution in [0.15, 0.2) is 48.5 Å². The van der Waals surface area contributed by atoms with Crippen molar-refractivity contribution in [1.29, 1.82) is 5.41 Å². The van der Waals surface area contributed by atoms with Crippen molar-refractivity contribution in [1.82, 2.24) is 5.32 Å². The topological polar surface area (TPSA) is 141 Å². The zero-order valence-corrected chi connectivity index (χ0v) is 20.4. The van der Waals surface area contributed by atoms with Crippen molar-refractivity contribution in [2.45, 2.75) is 45.4 Å². The van der Waals surface area contributed by atoms with Gasteiger partial charge in [-0.15, -0.1) is 12.4 Å². The van der Waals surface area contributed by atoms with E-state index in [9.17, 15) is 14.4 Å². The number of carbonyl (C=O) groups excluding carboxylic acids is 3. The molecule has 35 heavy (non-hydrogen) atoms. The van der Waals surface area contributed by atoms with Crippen molar-refractivity contribution in [3.8, 4) is 16.9 Å². The molecule has 1 saturated heterocycles. The molecule has 1 amide bonds. The first-order valence-corrected chi connectivity index (χ1v) is 11.1. The predicted octanol–water partition coefficient (Wildman–Crippen LogP) is 3.18. The van der Waals surface area contributed by atoms with Crippen molar-refractivity contribution >= 4 is 36.1 Å². The Hall–Kier alpha value is -3.59. The summed E-state index contributed by atoms with van der Waals surface area (Å²) in [5.41, 5.74) is 8.15. The highest BCUT2D eigenvalue weighted by molar-refractivity contribution is 5.95. The molecule has 2 aromatic rings. The summed E-state index contributed by atoms with van der Waals surface area (Å²) < 4.78 is 15.8. The van der Waals surface area contributed by atoms with Crippen LogP contribution in [0.5, 0.6) is 5.75 Å². The Morgan fingerprint density at radius 3 is 2.20 bits per heavy atom. The first kappa shape index (κ1) is 27.7. The third-order valence-corrected chi connectivity index (χ3v) is 5.42. The van der Waals surface area contributed by atoms with Crippen LogP contribution in [-0.4, -0.2) is 42.6 Å². The third-order valence-electron chi connectivity index (χ3n) is 5.42. The molecule has 2 aromatic carbocycles. The quantitative estimate of drug-likeness (QED) is 0.196. The molecule has 0 aliphatic carbocycles. The second-order valence-electron chi connectivity index (χ2n) is 8.07. The molecule has 0 spiro atoms. The van der Waals surface area contributed by atoms with E-state index < -0.39 is 24.1 Å². The van der Waals surface area contributed by atoms with Crippen LogP contribution in [0, 0.1) is 11.3 Å². The van der Waals surface area contributed by atoms with Gasteiger partial charge in [-0.1, -0.05) is 43.3 Å². The SMILES string of the molecule is CCC(=O)OC(C)OC(=O)C[C@@H]1C[C@@H](COc2ccc(-c3ccc(C(=N)N)cc3)cc2)NC1=O.Cl. The van der Waals surface area contributed by atoms with Gasteiger partial charge in [0.25, 0.3) is 0 Å². The molecule has 9 nitrogen and oxygen atoms in total. The van der Waals surface area contributed by atoms with Gasteiger partial charge in [0.1, 0.15) is 18.2 Å². The minimum Gasteiger partial charge on any atom is -0.491 e. The lowest BCUT2D eigenvalue weighted by Gasteiger charge is -2.15. The van der Waals surface area contributed by atoms with Crippen LogP contribution in [0.1, 0.15) is 38.7 Å². The molecule has 4 N–H and O–H groups in total. The largest absolute Gasteiger partial charge is 0.491 e. The first-order chi connectivity index (χ1) is 16.2. The Bertz CT molecular complexity index is 1040. The highest BCUT2D eigenvalue weighted by Crippen LogP contribution is 2.24. The molecule has 1 unspecified atom stereocenters. The number of hydrogen-bond acceptors (Lipinski definition) is 7. The van der Waals surface area contributed by atoms with E-state index in [2.05, 4.69) is 5.32 Å². The molecular formula is C25H30ClN3O6. The minimum absolute atomic E-state index is 0. The first-order valence-electron chi connectivity index (χ1n) is 11.1. The van der Waals surface area contributed by atoms with Gasteiger partial charge in [0, 0.05) is 18.9 Å². The molecule has 3 atom stereocenters. The summed E-state index contributed by atoms with van der Waals surface area (Å²) in [4.78, 5) is 35.6. The molecule has 0 aromatic heterocycles. The van der Waals surface area contributed by atoms with E-state index in [4.69, 9.17) is 25.4 Å². The van der Waals surface area contributed by atoms with Gasteiger partial charge in [0.05, 0.1) is 18.4 Å². The van der Waals surface area contributed by atoms with E-state index in [1.807, 2.05) is 36.4 Å². The van der Waals surface area contributed by atoms with E-state index in [1.165, 1.54) is 6.92 Å². The van der Waals surface area contributed by atoms with Crippen LogP contribution in [-0.2, 0) is 23.9 Å². The zero-order chi connectivity index (χ0) is 24.7. The molecule has 1 aliphatic rings. The Balaban J connectivity index is 0.00000432. The molecule has 0 saturated carbocycles. The summed E-state index contributed by atoms with van der Waals surface area (Å²) in [5, 5.41) is 10.3. The summed E-state index contributed by atoms with van der Waals surface area (Å²) in [6.45, 7) is 3.38. The van der Waals surface area contributed by atoms with E-state index in [1.54, 1.807) is 19.1 Å². The molecular weight excluding hydrogens is 474 g/mol. The summed E-state index contributed by atoms with van der Waals surface area (Å²) in [7, 11) is 0. The maximum atomic E-state index is 12.2. The maximum absolute atomic E-state index is 12.2. The van der Waals surface area contributed by atoms with Crippen molar-refractivity contribution in [2.75, 3.05) is 6.61 Å². The monoisotopic (exact) mass is 503 g/mol. The van der Waals surface area contributed by atoms with E-state index in [0.717, 1.165) is 11.1 Å². The van der Waals surface area contributed by atoms with Crippen LogP contribution in [0.3, 0.4) is 0 Å². The van der Waals surface area contributed by atoms with Gasteiger partial charge in [-0.3, -0.25) is 19.8 Å². The van der Waals surface area contributed by atoms with Crippen LogP contribution in [0.25, 0.3) is 11.1 Å². The van der Waals surface area contributed by atoms with Crippen LogP contribution in [0.2, 0.25) is 0 Å². The molecule has 0 bridgehead atoms. The van der Waals surface area contributed by atoms with Crippen LogP contribution < -0.4 is 15.8 Å². The number of benzene rings is 2. The van der Waals surface area contributed by atoms with Crippen LogP contribution >= 0.6 is 12.4 Å². The fourth-order valence-corrected chi connectivity index (χ4v) is 3.62. The van der Waals surface area contributed by atoms with Gasteiger partial charge in [-0.05, 0) is 29.7 Å². The standard InChI is InChI=1S/C25H29N3O6.ClH/c1-3-22(29)33-15(2)34-23(30)13-19-12-20(28-25(19)31)14-32-21-10-8-17(9-11-21)16-4-6-18(7-5-16)24(26)27;/h4-11,15,19-20H,3,12-14H2,1-2H3,(H3,26,27)(H,28,31);1H/t15?,19-,20-;/m0./s1. The number of hydrogen-bond donors (Lipinski definition) is 3. The average Bonchev–Trinajstić information content (AvgIpc) is 3.16. The normalized spacial score (nSPS) is 17.5. The summed E-state index contributed by atoms with van der Waals surface area (Å²) in [5.74, 6) is -1.11. The van der Waals surface area contributed by atoms with Crippen molar-refractivity contribution in [3.63, 3.8) is 0 Å². The number of rotatable bonds is 10. The van der Waals surface area contributed by atoms with Crippen molar-refractivity contribution in [2.24, 2.45) is 11.7 Å². The second-order valence-corrected chi connectivity index (χ2v) is 8.07. The summed E-state index contributed by atoms with van der Waals surface area (Å²) in [6.07, 6.45) is -0.449. The lowest BCUT2D eigenvalue weighted by molar-refractivity contribution is -0.185. The lowest BCUT2D eigenvalue weighted by Crippen LogP contribution is -2.31.